The summed E-state index contributed by atoms with van der Waals surface area (Å²) in [5.74, 6) is 4.96. The minimum Gasteiger partial charge on any atom is -0.300 e. The number of benzene rings is 1. The summed E-state index contributed by atoms with van der Waals surface area (Å²) in [5, 5.41) is 0. The molecule has 1 aromatic rings. The molecule has 0 fully saturated rings. The van der Waals surface area contributed by atoms with E-state index in [-0.39, 0.29) is 0 Å². The van der Waals surface area contributed by atoms with Crippen molar-refractivity contribution in [2.24, 2.45) is 5.90 Å². The SMILES string of the molecule is Cc1ccc(Br)cc1CON. The molecule has 0 spiro atoms. The molecule has 1 aromatic carbocycles. The predicted molar refractivity (Wildman–Crippen MR) is 47.9 cm³/mol. The van der Waals surface area contributed by atoms with E-state index in [4.69, 9.17) is 5.90 Å². The van der Waals surface area contributed by atoms with Crippen LogP contribution in [-0.2, 0) is 11.4 Å². The Balaban J connectivity index is 2.93. The topological polar surface area (TPSA) is 35.2 Å². The highest BCUT2D eigenvalue weighted by molar-refractivity contribution is 9.10. The van der Waals surface area contributed by atoms with Crippen LogP contribution in [0.25, 0.3) is 0 Å². The van der Waals surface area contributed by atoms with Crippen molar-refractivity contribution in [3.63, 3.8) is 0 Å². The average molecular weight is 216 g/mol. The Labute approximate surface area is 74.4 Å². The van der Waals surface area contributed by atoms with E-state index in [1.165, 1.54) is 5.56 Å². The first-order valence-corrected chi connectivity index (χ1v) is 4.10. The molecule has 1 rings (SSSR count). The smallest absolute Gasteiger partial charge is 0.0933 e. The number of aryl methyl sites for hydroxylation is 1. The van der Waals surface area contributed by atoms with E-state index in [9.17, 15) is 0 Å². The van der Waals surface area contributed by atoms with Crippen LogP contribution in [0.5, 0.6) is 0 Å². The van der Waals surface area contributed by atoms with E-state index < -0.39 is 0 Å². The van der Waals surface area contributed by atoms with Crippen LogP contribution >= 0.6 is 15.9 Å². The lowest BCUT2D eigenvalue weighted by Gasteiger charge is -2.03. The van der Waals surface area contributed by atoms with Gasteiger partial charge in [-0.25, -0.2) is 5.90 Å². The van der Waals surface area contributed by atoms with Gasteiger partial charge in [0.15, 0.2) is 0 Å². The maximum absolute atomic E-state index is 4.96. The zero-order valence-electron chi connectivity index (χ0n) is 6.30. The van der Waals surface area contributed by atoms with Crippen molar-refractivity contribution in [1.29, 1.82) is 0 Å². The average Bonchev–Trinajstić information content (AvgIpc) is 1.98. The van der Waals surface area contributed by atoms with Gasteiger partial charge >= 0.3 is 0 Å². The predicted octanol–water partition coefficient (Wildman–Crippen LogP) is 2.15. The van der Waals surface area contributed by atoms with Crippen molar-refractivity contribution in [3.8, 4) is 0 Å². The molecule has 2 N–H and O–H groups in total. The highest BCUT2D eigenvalue weighted by atomic mass is 79.9. The van der Waals surface area contributed by atoms with Gasteiger partial charge in [-0.3, -0.25) is 4.84 Å². The number of rotatable bonds is 2. The Kier molecular flexibility index (Phi) is 3.05. The standard InChI is InChI=1S/C8H10BrNO/c1-6-2-3-8(9)4-7(6)5-11-10/h2-4H,5,10H2,1H3. The molecule has 0 amide bonds. The van der Waals surface area contributed by atoms with Gasteiger partial charge in [-0.05, 0) is 30.2 Å². The number of halogens is 1. The summed E-state index contributed by atoms with van der Waals surface area (Å²) >= 11 is 3.37. The van der Waals surface area contributed by atoms with E-state index in [0.29, 0.717) is 6.61 Å². The molecule has 0 saturated carbocycles. The molecule has 60 valence electrons. The molecule has 0 aromatic heterocycles. The van der Waals surface area contributed by atoms with Crippen LogP contribution < -0.4 is 5.90 Å². The van der Waals surface area contributed by atoms with Crippen LogP contribution in [0.1, 0.15) is 11.1 Å². The highest BCUT2D eigenvalue weighted by Crippen LogP contribution is 2.16. The van der Waals surface area contributed by atoms with Crippen molar-refractivity contribution in [1.82, 2.24) is 0 Å². The maximum atomic E-state index is 4.96. The summed E-state index contributed by atoms with van der Waals surface area (Å²) in [6.07, 6.45) is 0. The minimum atomic E-state index is 0.464. The molecule has 0 unspecified atom stereocenters. The first-order chi connectivity index (χ1) is 5.24. The van der Waals surface area contributed by atoms with Gasteiger partial charge in [0.25, 0.3) is 0 Å². The van der Waals surface area contributed by atoms with Gasteiger partial charge in [0.05, 0.1) is 6.61 Å². The van der Waals surface area contributed by atoms with Crippen LogP contribution in [0.3, 0.4) is 0 Å². The highest BCUT2D eigenvalue weighted by Gasteiger charge is 1.97. The van der Waals surface area contributed by atoms with Crippen LogP contribution in [-0.4, -0.2) is 0 Å². The fourth-order valence-corrected chi connectivity index (χ4v) is 1.29. The molecule has 11 heavy (non-hydrogen) atoms. The van der Waals surface area contributed by atoms with Crippen LogP contribution in [0.4, 0.5) is 0 Å². The molecule has 0 atom stereocenters. The Morgan fingerprint density at radius 1 is 1.55 bits per heavy atom. The van der Waals surface area contributed by atoms with Crippen LogP contribution in [0.15, 0.2) is 22.7 Å². The summed E-state index contributed by atoms with van der Waals surface area (Å²) < 4.78 is 1.05. The van der Waals surface area contributed by atoms with Gasteiger partial charge in [-0.1, -0.05) is 22.0 Å². The summed E-state index contributed by atoms with van der Waals surface area (Å²) in [6, 6.07) is 6.02. The van der Waals surface area contributed by atoms with Gasteiger partial charge in [-0.15, -0.1) is 0 Å². The van der Waals surface area contributed by atoms with Crippen molar-refractivity contribution >= 4 is 15.9 Å². The largest absolute Gasteiger partial charge is 0.300 e. The quantitative estimate of drug-likeness (QED) is 0.768. The fraction of sp³-hybridized carbons (Fsp3) is 0.250. The zero-order valence-corrected chi connectivity index (χ0v) is 7.89. The third-order valence-corrected chi connectivity index (χ3v) is 2.04. The van der Waals surface area contributed by atoms with Crippen LogP contribution in [0.2, 0.25) is 0 Å². The van der Waals surface area contributed by atoms with Crippen molar-refractivity contribution < 1.29 is 4.84 Å². The minimum absolute atomic E-state index is 0.464. The Morgan fingerprint density at radius 2 is 2.27 bits per heavy atom. The Hall–Kier alpha value is -0.380. The molecule has 0 bridgehead atoms. The molecular formula is C8H10BrNO. The monoisotopic (exact) mass is 215 g/mol. The van der Waals surface area contributed by atoms with Gasteiger partial charge in [0.2, 0.25) is 0 Å². The molecule has 0 aliphatic carbocycles. The van der Waals surface area contributed by atoms with Crippen LogP contribution in [0, 0.1) is 6.92 Å². The van der Waals surface area contributed by atoms with Gasteiger partial charge in [0, 0.05) is 4.47 Å². The van der Waals surface area contributed by atoms with Crippen molar-refractivity contribution in [2.75, 3.05) is 0 Å². The van der Waals surface area contributed by atoms with E-state index >= 15 is 0 Å². The van der Waals surface area contributed by atoms with E-state index in [0.717, 1.165) is 10.0 Å². The van der Waals surface area contributed by atoms with Gasteiger partial charge in [0.1, 0.15) is 0 Å². The molecular weight excluding hydrogens is 206 g/mol. The lowest BCUT2D eigenvalue weighted by atomic mass is 10.1. The summed E-state index contributed by atoms with van der Waals surface area (Å²) in [5.41, 5.74) is 2.31. The first-order valence-electron chi connectivity index (χ1n) is 3.30. The molecule has 0 heterocycles. The second kappa shape index (κ2) is 3.85. The number of nitrogens with two attached hydrogens (primary N) is 1. The lowest BCUT2D eigenvalue weighted by molar-refractivity contribution is 0.123. The summed E-state index contributed by atoms with van der Waals surface area (Å²) in [7, 11) is 0. The fourth-order valence-electron chi connectivity index (χ4n) is 0.885. The third kappa shape index (κ3) is 2.29. The number of hydrogen-bond acceptors (Lipinski definition) is 2. The third-order valence-electron chi connectivity index (χ3n) is 1.55. The van der Waals surface area contributed by atoms with Gasteiger partial charge < -0.3 is 0 Å². The molecule has 2 nitrogen and oxygen atoms in total. The molecule has 0 aliphatic rings. The molecule has 0 saturated heterocycles. The Morgan fingerprint density at radius 3 is 2.91 bits per heavy atom. The second-order valence-corrected chi connectivity index (χ2v) is 3.30. The van der Waals surface area contributed by atoms with Crippen molar-refractivity contribution in [3.05, 3.63) is 33.8 Å². The molecule has 0 aliphatic heterocycles. The number of hydrogen-bond donors (Lipinski definition) is 1. The second-order valence-electron chi connectivity index (χ2n) is 2.38. The van der Waals surface area contributed by atoms with E-state index in [1.54, 1.807) is 0 Å². The summed E-state index contributed by atoms with van der Waals surface area (Å²) in [4.78, 5) is 4.54. The maximum Gasteiger partial charge on any atom is 0.0933 e. The molecule has 3 heteroatoms. The van der Waals surface area contributed by atoms with Crippen molar-refractivity contribution in [2.45, 2.75) is 13.5 Å². The zero-order chi connectivity index (χ0) is 8.27. The lowest BCUT2D eigenvalue weighted by Crippen LogP contribution is -2.00. The van der Waals surface area contributed by atoms with Gasteiger partial charge in [-0.2, -0.15) is 0 Å². The molecule has 0 radical (unpaired) electrons. The Bertz CT molecular complexity index is 250. The first kappa shape index (κ1) is 8.71. The van der Waals surface area contributed by atoms with E-state index in [2.05, 4.69) is 20.8 Å². The normalized spacial score (nSPS) is 10.1. The van der Waals surface area contributed by atoms with E-state index in [1.807, 2.05) is 25.1 Å². The summed E-state index contributed by atoms with van der Waals surface area (Å²) in [6.45, 7) is 2.49.